The number of nitrogens with zero attached hydrogens (tertiary/aromatic N) is 2. The Labute approximate surface area is 86.1 Å². The highest BCUT2D eigenvalue weighted by atomic mass is 16.1. The highest BCUT2D eigenvalue weighted by molar-refractivity contribution is 5.75. The third-order valence-corrected chi connectivity index (χ3v) is 3.43. The van der Waals surface area contributed by atoms with Crippen molar-refractivity contribution in [3.63, 3.8) is 0 Å². The zero-order valence-corrected chi connectivity index (χ0v) is 9.04. The molecule has 0 amide bonds. The summed E-state index contributed by atoms with van der Waals surface area (Å²) >= 11 is 0. The Hall–Kier alpha value is -0.410. The number of hydrogen-bond donors (Lipinski definition) is 0. The molecular weight excluding hydrogens is 176 g/mol. The van der Waals surface area contributed by atoms with Crippen molar-refractivity contribution >= 4 is 5.78 Å². The Balaban J connectivity index is 1.68. The molecule has 2 saturated heterocycles. The van der Waals surface area contributed by atoms with Gasteiger partial charge in [-0.2, -0.15) is 0 Å². The van der Waals surface area contributed by atoms with Crippen LogP contribution < -0.4 is 0 Å². The zero-order chi connectivity index (χ0) is 9.97. The Morgan fingerprint density at radius 2 is 2.14 bits per heavy atom. The highest BCUT2D eigenvalue weighted by Crippen LogP contribution is 2.20. The fourth-order valence-corrected chi connectivity index (χ4v) is 2.33. The number of carbonyl (C=O) groups is 1. The van der Waals surface area contributed by atoms with Gasteiger partial charge in [0.25, 0.3) is 0 Å². The van der Waals surface area contributed by atoms with E-state index in [1.54, 1.807) is 6.92 Å². The molecule has 1 atom stereocenters. The van der Waals surface area contributed by atoms with E-state index in [0.29, 0.717) is 5.78 Å². The summed E-state index contributed by atoms with van der Waals surface area (Å²) in [4.78, 5) is 15.9. The second-order valence-electron chi connectivity index (χ2n) is 4.58. The molecule has 1 unspecified atom stereocenters. The molecule has 0 spiro atoms. The molecule has 2 fully saturated rings. The summed E-state index contributed by atoms with van der Waals surface area (Å²) in [5.41, 5.74) is 0. The van der Waals surface area contributed by atoms with Crippen molar-refractivity contribution in [2.75, 3.05) is 32.7 Å². The summed E-state index contributed by atoms with van der Waals surface area (Å²) in [5.74, 6) is 0.317. The molecule has 0 aromatic carbocycles. The lowest BCUT2D eigenvalue weighted by molar-refractivity contribution is -0.117. The van der Waals surface area contributed by atoms with E-state index in [2.05, 4.69) is 9.80 Å². The fourth-order valence-electron chi connectivity index (χ4n) is 2.33. The predicted octanol–water partition coefficient (Wildman–Crippen LogP) is 0.745. The first-order valence-electron chi connectivity index (χ1n) is 5.71. The summed E-state index contributed by atoms with van der Waals surface area (Å²) in [6.45, 7) is 7.63. The highest BCUT2D eigenvalue weighted by Gasteiger charge is 2.30. The van der Waals surface area contributed by atoms with Crippen molar-refractivity contribution in [3.8, 4) is 0 Å². The summed E-state index contributed by atoms with van der Waals surface area (Å²) in [7, 11) is 0. The second kappa shape index (κ2) is 4.41. The topological polar surface area (TPSA) is 23.6 Å². The predicted molar refractivity (Wildman–Crippen MR) is 56.3 cm³/mol. The molecule has 2 heterocycles. The minimum Gasteiger partial charge on any atom is -0.301 e. The summed E-state index contributed by atoms with van der Waals surface area (Å²) < 4.78 is 0. The molecule has 80 valence electrons. The lowest BCUT2D eigenvalue weighted by Crippen LogP contribution is -2.46. The summed E-state index contributed by atoms with van der Waals surface area (Å²) in [6.07, 6.45) is 3.41. The maximum absolute atomic E-state index is 10.8. The second-order valence-corrected chi connectivity index (χ2v) is 4.58. The van der Waals surface area contributed by atoms with Crippen LogP contribution in [0.5, 0.6) is 0 Å². The van der Waals surface area contributed by atoms with E-state index in [1.807, 2.05) is 0 Å². The lowest BCUT2D eigenvalue weighted by atomic mass is 10.1. The third-order valence-electron chi connectivity index (χ3n) is 3.43. The van der Waals surface area contributed by atoms with Crippen LogP contribution in [0.1, 0.15) is 26.2 Å². The first-order valence-corrected chi connectivity index (χ1v) is 5.71. The van der Waals surface area contributed by atoms with Crippen LogP contribution >= 0.6 is 0 Å². The van der Waals surface area contributed by atoms with Gasteiger partial charge in [0.15, 0.2) is 0 Å². The Morgan fingerprint density at radius 1 is 1.36 bits per heavy atom. The summed E-state index contributed by atoms with van der Waals surface area (Å²) in [6, 6.07) is 0.788. The molecule has 3 heteroatoms. The summed E-state index contributed by atoms with van der Waals surface area (Å²) in [5, 5.41) is 0. The Bertz CT molecular complexity index is 213. The van der Waals surface area contributed by atoms with E-state index in [0.717, 1.165) is 19.0 Å². The van der Waals surface area contributed by atoms with Gasteiger partial charge in [0, 0.05) is 25.6 Å². The van der Waals surface area contributed by atoms with Gasteiger partial charge in [-0.15, -0.1) is 0 Å². The van der Waals surface area contributed by atoms with E-state index in [1.165, 1.54) is 39.0 Å². The molecular formula is C11H20N2O. The number of likely N-dealkylation sites (tertiary alicyclic amines) is 2. The van der Waals surface area contributed by atoms with E-state index in [-0.39, 0.29) is 0 Å². The lowest BCUT2D eigenvalue weighted by Gasteiger charge is -2.36. The maximum atomic E-state index is 10.8. The molecule has 3 nitrogen and oxygen atoms in total. The van der Waals surface area contributed by atoms with Crippen LogP contribution in [-0.2, 0) is 4.79 Å². The molecule has 0 radical (unpaired) electrons. The Morgan fingerprint density at radius 3 is 2.71 bits per heavy atom. The van der Waals surface area contributed by atoms with Gasteiger partial charge in [0.1, 0.15) is 5.78 Å². The number of ketones is 1. The van der Waals surface area contributed by atoms with Crippen LogP contribution in [0.3, 0.4) is 0 Å². The van der Waals surface area contributed by atoms with Gasteiger partial charge in [-0.05, 0) is 39.4 Å². The van der Waals surface area contributed by atoms with Crippen molar-refractivity contribution in [2.45, 2.75) is 32.2 Å². The van der Waals surface area contributed by atoms with Crippen molar-refractivity contribution in [1.82, 2.24) is 9.80 Å². The van der Waals surface area contributed by atoms with E-state index in [9.17, 15) is 4.79 Å². The first kappa shape index (κ1) is 10.1. The van der Waals surface area contributed by atoms with E-state index < -0.39 is 0 Å². The number of hydrogen-bond acceptors (Lipinski definition) is 3. The van der Waals surface area contributed by atoms with Crippen LogP contribution in [0.15, 0.2) is 0 Å². The third kappa shape index (κ3) is 2.34. The molecule has 0 aromatic rings. The molecule has 0 saturated carbocycles. The van der Waals surface area contributed by atoms with Gasteiger partial charge < -0.3 is 4.90 Å². The maximum Gasteiger partial charge on any atom is 0.131 e. The van der Waals surface area contributed by atoms with Gasteiger partial charge >= 0.3 is 0 Å². The molecule has 0 N–H and O–H groups in total. The standard InChI is InChI=1S/C11H20N2O/c1-10(14)3-7-12-8-4-11(9-12)13-5-2-6-13/h11H,2-9H2,1H3. The largest absolute Gasteiger partial charge is 0.301 e. The number of carbonyl (C=O) groups excluding carboxylic acids is 1. The van der Waals surface area contributed by atoms with Crippen molar-refractivity contribution in [3.05, 3.63) is 0 Å². The number of rotatable bonds is 4. The van der Waals surface area contributed by atoms with Gasteiger partial charge in [-0.25, -0.2) is 0 Å². The van der Waals surface area contributed by atoms with E-state index >= 15 is 0 Å². The van der Waals surface area contributed by atoms with Crippen LogP contribution in [0.4, 0.5) is 0 Å². The van der Waals surface area contributed by atoms with Crippen LogP contribution in [-0.4, -0.2) is 54.3 Å². The van der Waals surface area contributed by atoms with Crippen molar-refractivity contribution < 1.29 is 4.79 Å². The van der Waals surface area contributed by atoms with Gasteiger partial charge in [0.2, 0.25) is 0 Å². The zero-order valence-electron chi connectivity index (χ0n) is 9.04. The minimum absolute atomic E-state index is 0.317. The van der Waals surface area contributed by atoms with Gasteiger partial charge in [-0.1, -0.05) is 0 Å². The first-order chi connectivity index (χ1) is 6.75. The molecule has 2 aliphatic heterocycles. The van der Waals surface area contributed by atoms with Crippen molar-refractivity contribution in [2.24, 2.45) is 0 Å². The smallest absolute Gasteiger partial charge is 0.131 e. The van der Waals surface area contributed by atoms with Crippen LogP contribution in [0, 0.1) is 0 Å². The Kier molecular flexibility index (Phi) is 3.19. The molecule has 14 heavy (non-hydrogen) atoms. The average molecular weight is 196 g/mol. The van der Waals surface area contributed by atoms with Crippen molar-refractivity contribution in [1.29, 1.82) is 0 Å². The van der Waals surface area contributed by atoms with Crippen LogP contribution in [0.25, 0.3) is 0 Å². The molecule has 0 bridgehead atoms. The molecule has 0 aromatic heterocycles. The van der Waals surface area contributed by atoms with Crippen LogP contribution in [0.2, 0.25) is 0 Å². The monoisotopic (exact) mass is 196 g/mol. The molecule has 0 aliphatic carbocycles. The minimum atomic E-state index is 0.317. The van der Waals surface area contributed by atoms with Gasteiger partial charge in [-0.3, -0.25) is 9.69 Å². The normalized spacial score (nSPS) is 29.1. The molecule has 2 aliphatic rings. The SMILES string of the molecule is CC(=O)CCN1CCC(N2CCC2)C1. The fraction of sp³-hybridized carbons (Fsp3) is 0.909. The quantitative estimate of drug-likeness (QED) is 0.663. The molecule has 2 rings (SSSR count). The average Bonchev–Trinajstić information content (AvgIpc) is 2.46. The van der Waals surface area contributed by atoms with E-state index in [4.69, 9.17) is 0 Å². The number of Topliss-reactive ketones (excluding diaryl/α,β-unsaturated/α-hetero) is 1. The van der Waals surface area contributed by atoms with Gasteiger partial charge in [0.05, 0.1) is 0 Å².